The lowest BCUT2D eigenvalue weighted by Gasteiger charge is -2.19. The zero-order chi connectivity index (χ0) is 9.80. The Morgan fingerprint density at radius 2 is 2.36 bits per heavy atom. The molecular weight excluding hydrogens is 172 g/mol. The van der Waals surface area contributed by atoms with Crippen LogP contribution in [0.3, 0.4) is 0 Å². The summed E-state index contributed by atoms with van der Waals surface area (Å²) < 4.78 is 0. The summed E-state index contributed by atoms with van der Waals surface area (Å²) in [5, 5.41) is 3.46. The van der Waals surface area contributed by atoms with Crippen molar-refractivity contribution in [3.8, 4) is 0 Å². The molecule has 1 aromatic heterocycles. The topological polar surface area (TPSA) is 24.9 Å². The van der Waals surface area contributed by atoms with E-state index in [9.17, 15) is 0 Å². The molecule has 1 heterocycles. The van der Waals surface area contributed by atoms with E-state index in [4.69, 9.17) is 0 Å². The van der Waals surface area contributed by atoms with Crippen LogP contribution < -0.4 is 5.32 Å². The smallest absolute Gasteiger partial charge is 0.126 e. The zero-order valence-corrected chi connectivity index (χ0v) is 8.53. The molecule has 14 heavy (non-hydrogen) atoms. The second kappa shape index (κ2) is 4.27. The molecule has 1 atom stereocenters. The van der Waals surface area contributed by atoms with Gasteiger partial charge in [0.05, 0.1) is 0 Å². The van der Waals surface area contributed by atoms with Gasteiger partial charge < -0.3 is 5.32 Å². The molecule has 2 nitrogen and oxygen atoms in total. The Kier molecular flexibility index (Phi) is 2.82. The van der Waals surface area contributed by atoms with Crippen molar-refractivity contribution in [1.29, 1.82) is 0 Å². The maximum absolute atomic E-state index is 4.30. The lowest BCUT2D eigenvalue weighted by atomic mass is 10.0. The lowest BCUT2D eigenvalue weighted by Crippen LogP contribution is -2.20. The number of aromatic nitrogens is 1. The number of hydrogen-bond acceptors (Lipinski definition) is 2. The summed E-state index contributed by atoms with van der Waals surface area (Å²) in [5.74, 6) is 1.00. The molecule has 1 aromatic rings. The Morgan fingerprint density at radius 1 is 1.43 bits per heavy atom. The summed E-state index contributed by atoms with van der Waals surface area (Å²) >= 11 is 0. The van der Waals surface area contributed by atoms with Gasteiger partial charge in [-0.3, -0.25) is 0 Å². The molecule has 0 fully saturated rings. The largest absolute Gasteiger partial charge is 0.367 e. The summed E-state index contributed by atoms with van der Waals surface area (Å²) in [6.45, 7) is 2.09. The Balaban J connectivity index is 1.99. The first-order valence-corrected chi connectivity index (χ1v) is 5.19. The maximum atomic E-state index is 4.30. The van der Waals surface area contributed by atoms with Gasteiger partial charge in [-0.25, -0.2) is 4.98 Å². The van der Waals surface area contributed by atoms with Crippen LogP contribution in [-0.4, -0.2) is 11.0 Å². The predicted molar refractivity (Wildman–Crippen MR) is 59.4 cm³/mol. The van der Waals surface area contributed by atoms with E-state index in [0.717, 1.165) is 12.2 Å². The van der Waals surface area contributed by atoms with E-state index < -0.39 is 0 Å². The fraction of sp³-hybridized carbons (Fsp3) is 0.417. The highest BCUT2D eigenvalue weighted by Crippen LogP contribution is 2.16. The SMILES string of the molecule is Cc1ccnc(NC2CC=CCC2)c1. The molecule has 0 aliphatic heterocycles. The van der Waals surface area contributed by atoms with Crippen molar-refractivity contribution in [1.82, 2.24) is 4.98 Å². The third-order valence-electron chi connectivity index (χ3n) is 2.54. The minimum Gasteiger partial charge on any atom is -0.367 e. The van der Waals surface area contributed by atoms with Crippen LogP contribution >= 0.6 is 0 Å². The van der Waals surface area contributed by atoms with Crippen molar-refractivity contribution in [2.45, 2.75) is 32.2 Å². The van der Waals surface area contributed by atoms with Crippen LogP contribution in [0.5, 0.6) is 0 Å². The first-order valence-electron chi connectivity index (χ1n) is 5.19. The maximum Gasteiger partial charge on any atom is 0.126 e. The van der Waals surface area contributed by atoms with Crippen LogP contribution in [0.2, 0.25) is 0 Å². The van der Waals surface area contributed by atoms with Gasteiger partial charge in [0.15, 0.2) is 0 Å². The second-order valence-electron chi connectivity index (χ2n) is 3.84. The fourth-order valence-electron chi connectivity index (χ4n) is 1.75. The molecule has 2 rings (SSSR count). The molecule has 0 aromatic carbocycles. The zero-order valence-electron chi connectivity index (χ0n) is 8.53. The Labute approximate surface area is 85.1 Å². The van der Waals surface area contributed by atoms with Gasteiger partial charge in [-0.1, -0.05) is 12.2 Å². The van der Waals surface area contributed by atoms with Crippen LogP contribution in [0.4, 0.5) is 5.82 Å². The van der Waals surface area contributed by atoms with Crippen molar-refractivity contribution in [2.75, 3.05) is 5.32 Å². The molecule has 1 unspecified atom stereocenters. The highest BCUT2D eigenvalue weighted by Gasteiger charge is 2.09. The van der Waals surface area contributed by atoms with Gasteiger partial charge in [-0.2, -0.15) is 0 Å². The molecule has 2 heteroatoms. The number of nitrogens with zero attached hydrogens (tertiary/aromatic N) is 1. The van der Waals surface area contributed by atoms with Crippen LogP contribution in [0.1, 0.15) is 24.8 Å². The first-order chi connectivity index (χ1) is 6.84. The van der Waals surface area contributed by atoms with Crippen LogP contribution in [-0.2, 0) is 0 Å². The average molecular weight is 188 g/mol. The Bertz CT molecular complexity index is 331. The average Bonchev–Trinajstić information content (AvgIpc) is 2.19. The Morgan fingerprint density at radius 3 is 3.07 bits per heavy atom. The van der Waals surface area contributed by atoms with Crippen LogP contribution in [0.25, 0.3) is 0 Å². The highest BCUT2D eigenvalue weighted by molar-refractivity contribution is 5.38. The number of anilines is 1. The van der Waals surface area contributed by atoms with Crippen molar-refractivity contribution in [2.24, 2.45) is 0 Å². The van der Waals surface area contributed by atoms with Crippen molar-refractivity contribution >= 4 is 5.82 Å². The molecule has 0 saturated carbocycles. The number of nitrogens with one attached hydrogen (secondary N) is 1. The van der Waals surface area contributed by atoms with E-state index in [1.807, 2.05) is 12.3 Å². The van der Waals surface area contributed by atoms with E-state index in [2.05, 4.69) is 35.4 Å². The van der Waals surface area contributed by atoms with Gasteiger partial charge in [0.25, 0.3) is 0 Å². The summed E-state index contributed by atoms with van der Waals surface area (Å²) in [4.78, 5) is 4.30. The quantitative estimate of drug-likeness (QED) is 0.722. The van der Waals surface area contributed by atoms with E-state index in [-0.39, 0.29) is 0 Å². The van der Waals surface area contributed by atoms with Crippen molar-refractivity contribution in [3.63, 3.8) is 0 Å². The minimum atomic E-state index is 0.564. The second-order valence-corrected chi connectivity index (χ2v) is 3.84. The molecule has 0 saturated heterocycles. The van der Waals surface area contributed by atoms with E-state index in [1.54, 1.807) is 0 Å². The number of aryl methyl sites for hydroxylation is 1. The molecule has 74 valence electrons. The number of rotatable bonds is 2. The molecule has 0 amide bonds. The third-order valence-corrected chi connectivity index (χ3v) is 2.54. The van der Waals surface area contributed by atoms with Gasteiger partial charge in [0.2, 0.25) is 0 Å². The number of pyridine rings is 1. The van der Waals surface area contributed by atoms with E-state index in [0.29, 0.717) is 6.04 Å². The summed E-state index contributed by atoms with van der Waals surface area (Å²) in [5.41, 5.74) is 1.26. The fourth-order valence-corrected chi connectivity index (χ4v) is 1.75. The van der Waals surface area contributed by atoms with Crippen molar-refractivity contribution in [3.05, 3.63) is 36.0 Å². The summed E-state index contributed by atoms with van der Waals surface area (Å²) in [6.07, 6.45) is 9.88. The van der Waals surface area contributed by atoms with Gasteiger partial charge in [0.1, 0.15) is 5.82 Å². The van der Waals surface area contributed by atoms with Gasteiger partial charge >= 0.3 is 0 Å². The Hall–Kier alpha value is -1.31. The minimum absolute atomic E-state index is 0.564. The van der Waals surface area contributed by atoms with Crippen molar-refractivity contribution < 1.29 is 0 Å². The molecular formula is C12H16N2. The lowest BCUT2D eigenvalue weighted by molar-refractivity contribution is 0.642. The molecule has 0 bridgehead atoms. The van der Waals surface area contributed by atoms with Gasteiger partial charge in [0, 0.05) is 12.2 Å². The predicted octanol–water partition coefficient (Wildman–Crippen LogP) is 2.91. The van der Waals surface area contributed by atoms with Gasteiger partial charge in [-0.15, -0.1) is 0 Å². The van der Waals surface area contributed by atoms with E-state index in [1.165, 1.54) is 18.4 Å². The first kappa shape index (κ1) is 9.25. The standard InChI is InChI=1S/C12H16N2/c1-10-7-8-13-12(9-10)14-11-5-3-2-4-6-11/h2-3,7-9,11H,4-6H2,1H3,(H,13,14). The van der Waals surface area contributed by atoms with Crippen LogP contribution in [0.15, 0.2) is 30.5 Å². The molecule has 1 aliphatic carbocycles. The van der Waals surface area contributed by atoms with Gasteiger partial charge in [-0.05, 0) is 43.9 Å². The summed E-state index contributed by atoms with van der Waals surface area (Å²) in [7, 11) is 0. The van der Waals surface area contributed by atoms with Crippen LogP contribution in [0, 0.1) is 6.92 Å². The molecule has 0 radical (unpaired) electrons. The third kappa shape index (κ3) is 2.34. The molecule has 1 N–H and O–H groups in total. The highest BCUT2D eigenvalue weighted by atomic mass is 15.0. The molecule has 1 aliphatic rings. The molecule has 0 spiro atoms. The number of allylic oxidation sites excluding steroid dienone is 1. The van der Waals surface area contributed by atoms with E-state index >= 15 is 0 Å². The normalized spacial score (nSPS) is 20.8. The number of hydrogen-bond donors (Lipinski definition) is 1. The monoisotopic (exact) mass is 188 g/mol. The summed E-state index contributed by atoms with van der Waals surface area (Å²) in [6, 6.07) is 4.68.